The molecule has 0 bridgehead atoms. The molecule has 0 spiro atoms. The number of benzene rings is 1. The molecule has 1 aromatic heterocycles. The van der Waals surface area contributed by atoms with Gasteiger partial charge in [0.15, 0.2) is 0 Å². The Morgan fingerprint density at radius 3 is 2.79 bits per heavy atom. The molecule has 0 aliphatic carbocycles. The van der Waals surface area contributed by atoms with Crippen molar-refractivity contribution in [1.82, 2.24) is 20.2 Å². The molecule has 1 fully saturated rings. The fraction of sp³-hybridized carbons (Fsp3) is 0.444. The lowest BCUT2D eigenvalue weighted by Crippen LogP contribution is -2.43. The molecule has 6 heteroatoms. The summed E-state index contributed by atoms with van der Waals surface area (Å²) in [6.45, 7) is 3.89. The van der Waals surface area contributed by atoms with Gasteiger partial charge in [0.2, 0.25) is 5.91 Å². The average molecular weight is 328 g/mol. The minimum atomic E-state index is 0.0561. The largest absolute Gasteiger partial charge is 0.379 e. The lowest BCUT2D eigenvalue weighted by molar-refractivity contribution is -0.121. The molecule has 6 nitrogen and oxygen atoms in total. The van der Waals surface area contributed by atoms with Crippen LogP contribution in [0.1, 0.15) is 23.9 Å². The van der Waals surface area contributed by atoms with Crippen LogP contribution >= 0.6 is 0 Å². The topological polar surface area (TPSA) is 70.2 Å². The van der Waals surface area contributed by atoms with Crippen LogP contribution < -0.4 is 5.32 Å². The molecule has 1 amide bonds. The zero-order valence-electron chi connectivity index (χ0n) is 13.8. The number of aryl methyl sites for hydroxylation is 1. The molecule has 1 aliphatic rings. The summed E-state index contributed by atoms with van der Waals surface area (Å²) in [4.78, 5) is 21.7. The molecule has 1 aliphatic heterocycles. The van der Waals surface area contributed by atoms with Gasteiger partial charge in [0.25, 0.3) is 0 Å². The van der Waals surface area contributed by atoms with Gasteiger partial charge in [0.1, 0.15) is 5.82 Å². The van der Waals surface area contributed by atoms with E-state index in [1.807, 2.05) is 18.2 Å². The number of aromatic nitrogens is 2. The van der Waals surface area contributed by atoms with Gasteiger partial charge in [0, 0.05) is 44.9 Å². The zero-order chi connectivity index (χ0) is 16.6. The van der Waals surface area contributed by atoms with Crippen molar-refractivity contribution in [3.63, 3.8) is 0 Å². The first-order chi connectivity index (χ1) is 11.8. The van der Waals surface area contributed by atoms with Gasteiger partial charge < -0.3 is 15.0 Å². The van der Waals surface area contributed by atoms with Gasteiger partial charge in [-0.25, -0.2) is 4.98 Å². The lowest BCUT2D eigenvalue weighted by Gasteiger charge is -2.35. The summed E-state index contributed by atoms with van der Waals surface area (Å²) in [5.41, 5.74) is 1.23. The highest BCUT2D eigenvalue weighted by Crippen LogP contribution is 2.21. The maximum Gasteiger partial charge on any atom is 0.220 e. The minimum absolute atomic E-state index is 0.0561. The van der Waals surface area contributed by atoms with Crippen LogP contribution in [0.2, 0.25) is 0 Å². The van der Waals surface area contributed by atoms with Crippen molar-refractivity contribution in [2.45, 2.75) is 18.9 Å². The van der Waals surface area contributed by atoms with Crippen LogP contribution in [-0.4, -0.2) is 53.6 Å². The molecular formula is C18H24N4O2. The summed E-state index contributed by atoms with van der Waals surface area (Å²) in [5.74, 6) is 0.901. The quantitative estimate of drug-likeness (QED) is 0.809. The molecule has 2 heterocycles. The van der Waals surface area contributed by atoms with Gasteiger partial charge in [-0.05, 0) is 5.56 Å². The summed E-state index contributed by atoms with van der Waals surface area (Å²) in [6.07, 6.45) is 4.55. The van der Waals surface area contributed by atoms with Crippen LogP contribution in [0.15, 0.2) is 42.7 Å². The molecule has 0 saturated carbocycles. The third-order valence-electron chi connectivity index (χ3n) is 4.31. The van der Waals surface area contributed by atoms with E-state index in [0.29, 0.717) is 19.4 Å². The number of imidazole rings is 1. The number of amides is 1. The number of hydrogen-bond acceptors (Lipinski definition) is 4. The van der Waals surface area contributed by atoms with E-state index in [0.717, 1.165) is 32.1 Å². The predicted molar refractivity (Wildman–Crippen MR) is 91.5 cm³/mol. The van der Waals surface area contributed by atoms with Crippen molar-refractivity contribution in [2.24, 2.45) is 0 Å². The van der Waals surface area contributed by atoms with Gasteiger partial charge in [0.05, 0.1) is 19.3 Å². The van der Waals surface area contributed by atoms with E-state index < -0.39 is 0 Å². The van der Waals surface area contributed by atoms with Crippen LogP contribution in [0, 0.1) is 0 Å². The van der Waals surface area contributed by atoms with Gasteiger partial charge in [-0.3, -0.25) is 9.69 Å². The molecule has 1 aromatic carbocycles. The molecule has 24 heavy (non-hydrogen) atoms. The number of morpholine rings is 1. The van der Waals surface area contributed by atoms with E-state index in [9.17, 15) is 4.79 Å². The highest BCUT2D eigenvalue weighted by molar-refractivity contribution is 5.76. The predicted octanol–water partition coefficient (Wildman–Crippen LogP) is 1.53. The molecule has 0 unspecified atom stereocenters. The Kier molecular flexibility index (Phi) is 5.98. The lowest BCUT2D eigenvalue weighted by atomic mass is 10.0. The van der Waals surface area contributed by atoms with Crippen LogP contribution in [0.3, 0.4) is 0 Å². The van der Waals surface area contributed by atoms with E-state index >= 15 is 0 Å². The maximum absolute atomic E-state index is 12.2. The summed E-state index contributed by atoms with van der Waals surface area (Å²) >= 11 is 0. The molecule has 2 aromatic rings. The summed E-state index contributed by atoms with van der Waals surface area (Å²) < 4.78 is 5.45. The van der Waals surface area contributed by atoms with Crippen LogP contribution in [-0.2, 0) is 16.0 Å². The second-order valence-electron chi connectivity index (χ2n) is 5.91. The van der Waals surface area contributed by atoms with Crippen molar-refractivity contribution < 1.29 is 9.53 Å². The van der Waals surface area contributed by atoms with E-state index in [1.54, 1.807) is 12.4 Å². The van der Waals surface area contributed by atoms with Crippen molar-refractivity contribution in [3.05, 3.63) is 54.1 Å². The highest BCUT2D eigenvalue weighted by Gasteiger charge is 2.22. The summed E-state index contributed by atoms with van der Waals surface area (Å²) in [5, 5.41) is 3.08. The number of carbonyl (C=O) groups is 1. The second-order valence-corrected chi connectivity index (χ2v) is 5.91. The number of ether oxygens (including phenoxy) is 1. The second kappa shape index (κ2) is 8.61. The van der Waals surface area contributed by atoms with Crippen molar-refractivity contribution in [2.75, 3.05) is 32.8 Å². The van der Waals surface area contributed by atoms with Crippen LogP contribution in [0.4, 0.5) is 0 Å². The standard InChI is InChI=1S/C18H24N4O2/c23-18(7-6-17-19-8-9-20-17)21-14-16(15-4-2-1-3-5-15)22-10-12-24-13-11-22/h1-5,8-9,16H,6-7,10-14H2,(H,19,20)(H,21,23)/t16-/m1/s1. The van der Waals surface area contributed by atoms with Crippen LogP contribution in [0.5, 0.6) is 0 Å². The monoisotopic (exact) mass is 328 g/mol. The molecule has 1 saturated heterocycles. The van der Waals surface area contributed by atoms with E-state index in [4.69, 9.17) is 4.74 Å². The number of aromatic amines is 1. The number of nitrogens with one attached hydrogen (secondary N) is 2. The third-order valence-corrected chi connectivity index (χ3v) is 4.31. The fourth-order valence-corrected chi connectivity index (χ4v) is 2.99. The van der Waals surface area contributed by atoms with E-state index in [2.05, 4.69) is 32.3 Å². The smallest absolute Gasteiger partial charge is 0.220 e. The minimum Gasteiger partial charge on any atom is -0.379 e. The van der Waals surface area contributed by atoms with Crippen LogP contribution in [0.25, 0.3) is 0 Å². The Morgan fingerprint density at radius 2 is 2.08 bits per heavy atom. The Labute approximate surface area is 142 Å². The van der Waals surface area contributed by atoms with Crippen molar-refractivity contribution >= 4 is 5.91 Å². The zero-order valence-corrected chi connectivity index (χ0v) is 13.8. The molecule has 128 valence electrons. The Morgan fingerprint density at radius 1 is 1.29 bits per heavy atom. The number of rotatable bonds is 7. The van der Waals surface area contributed by atoms with Gasteiger partial charge in [-0.2, -0.15) is 0 Å². The highest BCUT2D eigenvalue weighted by atomic mass is 16.5. The van der Waals surface area contributed by atoms with E-state index in [-0.39, 0.29) is 11.9 Å². The van der Waals surface area contributed by atoms with Gasteiger partial charge in [-0.15, -0.1) is 0 Å². The van der Waals surface area contributed by atoms with Gasteiger partial charge in [-0.1, -0.05) is 30.3 Å². The first-order valence-corrected chi connectivity index (χ1v) is 8.44. The normalized spacial score (nSPS) is 16.7. The first-order valence-electron chi connectivity index (χ1n) is 8.44. The van der Waals surface area contributed by atoms with Crippen molar-refractivity contribution in [3.8, 4) is 0 Å². The van der Waals surface area contributed by atoms with Crippen molar-refractivity contribution in [1.29, 1.82) is 0 Å². The SMILES string of the molecule is O=C(CCc1ncc[nH]1)NC[C@H](c1ccccc1)N1CCOCC1. The van der Waals surface area contributed by atoms with E-state index in [1.165, 1.54) is 5.56 Å². The molecule has 2 N–H and O–H groups in total. The number of hydrogen-bond donors (Lipinski definition) is 2. The Balaban J connectivity index is 1.56. The Bertz CT molecular complexity index is 609. The molecule has 3 rings (SSSR count). The molecule has 0 radical (unpaired) electrons. The average Bonchev–Trinajstić information content (AvgIpc) is 3.16. The maximum atomic E-state index is 12.2. The number of carbonyl (C=O) groups excluding carboxylic acids is 1. The first kappa shape index (κ1) is 16.7. The fourth-order valence-electron chi connectivity index (χ4n) is 2.99. The molecular weight excluding hydrogens is 304 g/mol. The summed E-state index contributed by atoms with van der Waals surface area (Å²) in [6, 6.07) is 10.5. The Hall–Kier alpha value is -2.18. The third kappa shape index (κ3) is 4.66. The number of H-pyrrole nitrogens is 1. The number of nitrogens with zero attached hydrogens (tertiary/aromatic N) is 2. The molecule has 1 atom stereocenters. The summed E-state index contributed by atoms with van der Waals surface area (Å²) in [7, 11) is 0. The van der Waals surface area contributed by atoms with Gasteiger partial charge >= 0.3 is 0 Å².